The minimum atomic E-state index is -0.407. The van der Waals surface area contributed by atoms with Gasteiger partial charge in [0.1, 0.15) is 12.0 Å². The predicted octanol–water partition coefficient (Wildman–Crippen LogP) is 13.7. The van der Waals surface area contributed by atoms with Crippen LogP contribution in [0.2, 0.25) is 0 Å². The second-order valence-electron chi connectivity index (χ2n) is 15.9. The van der Waals surface area contributed by atoms with E-state index in [-0.39, 0.29) is 0 Å². The number of aliphatic imine (C=N–C) groups is 2. The van der Waals surface area contributed by atoms with Gasteiger partial charge in [-0.15, -0.1) is 0 Å². The van der Waals surface area contributed by atoms with Crippen LogP contribution in [0.1, 0.15) is 22.9 Å². The molecule has 0 saturated carbocycles. The first-order valence-corrected chi connectivity index (χ1v) is 21.1. The van der Waals surface area contributed by atoms with Gasteiger partial charge in [0.05, 0.1) is 22.1 Å². The lowest BCUT2D eigenvalue weighted by Gasteiger charge is -2.25. The quantitative estimate of drug-likeness (QED) is 0.172. The van der Waals surface area contributed by atoms with E-state index in [4.69, 9.17) is 9.98 Å². The third-order valence-corrected chi connectivity index (χ3v) is 12.1. The van der Waals surface area contributed by atoms with Gasteiger partial charge in [-0.25, -0.2) is 9.98 Å². The summed E-state index contributed by atoms with van der Waals surface area (Å²) >= 11 is 0. The molecule has 11 aromatic rings. The fourth-order valence-electron chi connectivity index (χ4n) is 9.28. The third kappa shape index (κ3) is 6.10. The van der Waals surface area contributed by atoms with E-state index in [1.165, 1.54) is 21.5 Å². The molecule has 0 saturated heterocycles. The van der Waals surface area contributed by atoms with E-state index in [2.05, 4.69) is 239 Å². The molecule has 1 N–H and O–H groups in total. The van der Waals surface area contributed by atoms with Crippen molar-refractivity contribution in [3.05, 3.63) is 241 Å². The Hall–Kier alpha value is -8.28. The summed E-state index contributed by atoms with van der Waals surface area (Å²) in [5.74, 6) is 1.42. The van der Waals surface area contributed by atoms with Crippen LogP contribution in [-0.4, -0.2) is 20.8 Å². The van der Waals surface area contributed by atoms with E-state index in [0.717, 1.165) is 78.2 Å². The Bertz CT molecular complexity index is 3320. The molecule has 1 aliphatic rings. The fourth-order valence-corrected chi connectivity index (χ4v) is 9.28. The molecule has 1 aliphatic heterocycles. The molecule has 292 valence electrons. The predicted molar refractivity (Wildman–Crippen MR) is 258 cm³/mol. The summed E-state index contributed by atoms with van der Waals surface area (Å²) in [6.07, 6.45) is -0.407. The van der Waals surface area contributed by atoms with Crippen LogP contribution >= 0.6 is 0 Å². The van der Waals surface area contributed by atoms with Gasteiger partial charge in [-0.3, -0.25) is 0 Å². The molecule has 12 rings (SSSR count). The number of para-hydroxylation sites is 4. The lowest BCUT2D eigenvalue weighted by atomic mass is 10.0. The summed E-state index contributed by atoms with van der Waals surface area (Å²) in [4.78, 5) is 11.0. The van der Waals surface area contributed by atoms with Crippen LogP contribution in [0.5, 0.6) is 0 Å². The van der Waals surface area contributed by atoms with Crippen molar-refractivity contribution in [2.75, 3.05) is 0 Å². The number of amidine groups is 2. The Balaban J connectivity index is 1.11. The second kappa shape index (κ2) is 14.8. The van der Waals surface area contributed by atoms with Crippen molar-refractivity contribution in [1.82, 2.24) is 14.5 Å². The minimum absolute atomic E-state index is 0.407. The van der Waals surface area contributed by atoms with E-state index in [1.54, 1.807) is 0 Å². The smallest absolute Gasteiger partial charge is 0.159 e. The molecule has 9 aromatic carbocycles. The van der Waals surface area contributed by atoms with Crippen molar-refractivity contribution >= 4 is 55.3 Å². The molecule has 0 fully saturated rings. The molecule has 0 bridgehead atoms. The normalized spacial score (nSPS) is 14.0. The highest BCUT2D eigenvalue weighted by molar-refractivity contribution is 6.15. The summed E-state index contributed by atoms with van der Waals surface area (Å²) in [5.41, 5.74) is 14.2. The van der Waals surface area contributed by atoms with Crippen molar-refractivity contribution in [2.24, 2.45) is 9.98 Å². The van der Waals surface area contributed by atoms with Crippen LogP contribution in [0.3, 0.4) is 0 Å². The van der Waals surface area contributed by atoms with E-state index in [1.807, 2.05) is 0 Å². The SMILES string of the molecule is c1ccc(-c2cccc(C3=NC(c4cc(-n5c6ccccc6c6ccccc65)cc(-n5c6ccccc6c6ccccc65)c4)=NC(c4cccc(-c5ccccc5)c4)N3)c2)cc1. The van der Waals surface area contributed by atoms with Gasteiger partial charge in [-0.05, 0) is 82.4 Å². The van der Waals surface area contributed by atoms with E-state index in [9.17, 15) is 0 Å². The molecule has 5 nitrogen and oxygen atoms in total. The lowest BCUT2D eigenvalue weighted by molar-refractivity contribution is 0.674. The molecule has 0 aliphatic carbocycles. The molecule has 62 heavy (non-hydrogen) atoms. The first-order chi connectivity index (χ1) is 30.7. The summed E-state index contributed by atoms with van der Waals surface area (Å²) in [7, 11) is 0. The number of rotatable bonds is 7. The molecular weight excluding hydrogens is 755 g/mol. The molecule has 1 atom stereocenters. The average Bonchev–Trinajstić information content (AvgIpc) is 3.88. The van der Waals surface area contributed by atoms with Gasteiger partial charge < -0.3 is 14.5 Å². The maximum atomic E-state index is 5.51. The minimum Gasteiger partial charge on any atom is -0.344 e. The molecule has 0 spiro atoms. The van der Waals surface area contributed by atoms with Gasteiger partial charge in [0.25, 0.3) is 0 Å². The van der Waals surface area contributed by atoms with Crippen molar-refractivity contribution < 1.29 is 0 Å². The summed E-state index contributed by atoms with van der Waals surface area (Å²) in [6, 6.07) is 80.0. The van der Waals surface area contributed by atoms with E-state index >= 15 is 0 Å². The fraction of sp³-hybridized carbons (Fsp3) is 0.0175. The number of nitrogens with one attached hydrogen (secondary N) is 1. The zero-order chi connectivity index (χ0) is 41.0. The Labute approximate surface area is 359 Å². The van der Waals surface area contributed by atoms with Gasteiger partial charge in [0.15, 0.2) is 5.84 Å². The maximum Gasteiger partial charge on any atom is 0.159 e. The van der Waals surface area contributed by atoms with E-state index in [0.29, 0.717) is 5.84 Å². The van der Waals surface area contributed by atoms with Crippen LogP contribution in [0.4, 0.5) is 0 Å². The first-order valence-electron chi connectivity index (χ1n) is 21.1. The Kier molecular flexibility index (Phi) is 8.49. The van der Waals surface area contributed by atoms with Gasteiger partial charge >= 0.3 is 0 Å². The Morgan fingerprint density at radius 3 is 1.27 bits per heavy atom. The maximum absolute atomic E-state index is 5.51. The zero-order valence-corrected chi connectivity index (χ0v) is 33.7. The molecule has 2 aromatic heterocycles. The van der Waals surface area contributed by atoms with Crippen LogP contribution < -0.4 is 5.32 Å². The Morgan fingerprint density at radius 1 is 0.339 bits per heavy atom. The molecule has 3 heterocycles. The number of aromatic nitrogens is 2. The third-order valence-electron chi connectivity index (χ3n) is 12.1. The van der Waals surface area contributed by atoms with Gasteiger partial charge in [0.2, 0.25) is 0 Å². The van der Waals surface area contributed by atoms with Gasteiger partial charge in [0, 0.05) is 44.0 Å². The van der Waals surface area contributed by atoms with Crippen LogP contribution in [-0.2, 0) is 0 Å². The molecule has 0 amide bonds. The van der Waals surface area contributed by atoms with Crippen molar-refractivity contribution in [3.8, 4) is 33.6 Å². The zero-order valence-electron chi connectivity index (χ0n) is 33.7. The second-order valence-corrected chi connectivity index (χ2v) is 15.9. The molecule has 5 heteroatoms. The Morgan fingerprint density at radius 2 is 0.758 bits per heavy atom. The number of fused-ring (bicyclic) bond motifs is 6. The van der Waals surface area contributed by atoms with Gasteiger partial charge in [-0.1, -0.05) is 170 Å². The van der Waals surface area contributed by atoms with Crippen molar-refractivity contribution in [1.29, 1.82) is 0 Å². The van der Waals surface area contributed by atoms with Gasteiger partial charge in [-0.2, -0.15) is 0 Å². The number of nitrogens with zero attached hydrogens (tertiary/aromatic N) is 4. The molecular formula is C57H39N5. The number of benzene rings is 9. The number of hydrogen-bond donors (Lipinski definition) is 1. The highest BCUT2D eigenvalue weighted by atomic mass is 15.2. The number of hydrogen-bond acceptors (Lipinski definition) is 3. The van der Waals surface area contributed by atoms with Crippen molar-refractivity contribution in [3.63, 3.8) is 0 Å². The van der Waals surface area contributed by atoms with Crippen LogP contribution in [0.15, 0.2) is 234 Å². The summed E-state index contributed by atoms with van der Waals surface area (Å²) < 4.78 is 4.78. The van der Waals surface area contributed by atoms with Crippen LogP contribution in [0.25, 0.3) is 77.2 Å². The lowest BCUT2D eigenvalue weighted by Crippen LogP contribution is -2.33. The molecule has 0 radical (unpaired) electrons. The monoisotopic (exact) mass is 793 g/mol. The first kappa shape index (κ1) is 35.6. The van der Waals surface area contributed by atoms with E-state index < -0.39 is 6.17 Å². The standard InChI is InChI=1S/C57H39N5/c1-3-17-38(18-4-1)40-21-15-23-42(33-40)55-58-56(43-24-16-22-41(34-43)39-19-5-2-6-20-39)60-57(59-55)44-35-45(61-51-29-11-7-25-47(51)48-26-8-12-30-52(48)61)37-46(36-44)62-53-31-13-9-27-49(53)50-28-10-14-32-54(50)62/h1-37,55H,(H,58,59,60). The highest BCUT2D eigenvalue weighted by Gasteiger charge is 2.24. The summed E-state index contributed by atoms with van der Waals surface area (Å²) in [5, 5.41) is 8.62. The van der Waals surface area contributed by atoms with Crippen molar-refractivity contribution in [2.45, 2.75) is 6.17 Å². The summed E-state index contributed by atoms with van der Waals surface area (Å²) in [6.45, 7) is 0. The molecule has 1 unspecified atom stereocenters. The highest BCUT2D eigenvalue weighted by Crippen LogP contribution is 2.37. The average molecular weight is 794 g/mol. The largest absolute Gasteiger partial charge is 0.344 e. The topological polar surface area (TPSA) is 46.6 Å². The van der Waals surface area contributed by atoms with Crippen LogP contribution in [0, 0.1) is 0 Å².